The minimum atomic E-state index is -0.143. The fourth-order valence-corrected chi connectivity index (χ4v) is 3.42. The Hall–Kier alpha value is -2.01. The van der Waals surface area contributed by atoms with Gasteiger partial charge < -0.3 is 14.8 Å². The molecule has 0 radical (unpaired) electrons. The third-order valence-electron chi connectivity index (χ3n) is 4.55. The van der Waals surface area contributed by atoms with Gasteiger partial charge >= 0.3 is 0 Å². The second-order valence-corrected chi connectivity index (χ2v) is 7.74. The zero-order valence-electron chi connectivity index (χ0n) is 16.6. The molecule has 0 saturated carbocycles. The highest BCUT2D eigenvalue weighted by Gasteiger charge is 2.15. The third-order valence-corrected chi connectivity index (χ3v) is 5.17. The zero-order valence-corrected chi connectivity index (χ0v) is 18.2. The molecule has 0 bridgehead atoms. The molecule has 1 N–H and O–H groups in total. The molecule has 0 heterocycles. The number of amides is 1. The minimum absolute atomic E-state index is 0.0226. The molecule has 0 aromatic heterocycles. The van der Waals surface area contributed by atoms with Gasteiger partial charge in [0.25, 0.3) is 5.91 Å². The number of nitrogens with one attached hydrogen (secondary N) is 1. The van der Waals surface area contributed by atoms with Crippen LogP contribution < -0.4 is 14.8 Å². The Morgan fingerprint density at radius 2 is 1.78 bits per heavy atom. The second-order valence-electron chi connectivity index (χ2n) is 6.89. The van der Waals surface area contributed by atoms with E-state index in [2.05, 4.69) is 41.2 Å². The van der Waals surface area contributed by atoms with Crippen molar-refractivity contribution in [1.29, 1.82) is 0 Å². The summed E-state index contributed by atoms with van der Waals surface area (Å²) in [5, 5.41) is 3.05. The highest BCUT2D eigenvalue weighted by molar-refractivity contribution is 9.10. The summed E-state index contributed by atoms with van der Waals surface area (Å²) in [6.45, 7) is 8.30. The van der Waals surface area contributed by atoms with E-state index < -0.39 is 0 Å². The van der Waals surface area contributed by atoms with Crippen LogP contribution in [0.25, 0.3) is 0 Å². The molecule has 0 fully saturated rings. The highest BCUT2D eigenvalue weighted by atomic mass is 79.9. The normalized spacial score (nSPS) is 12.0. The van der Waals surface area contributed by atoms with Crippen molar-refractivity contribution in [3.63, 3.8) is 0 Å². The molecule has 146 valence electrons. The average Bonchev–Trinajstić information content (AvgIpc) is 2.64. The smallest absolute Gasteiger partial charge is 0.258 e. The summed E-state index contributed by atoms with van der Waals surface area (Å²) in [6, 6.07) is 11.9. The van der Waals surface area contributed by atoms with Crippen molar-refractivity contribution in [3.8, 4) is 11.5 Å². The van der Waals surface area contributed by atoms with E-state index in [0.717, 1.165) is 27.8 Å². The Kier molecular flexibility index (Phi) is 7.72. The van der Waals surface area contributed by atoms with Gasteiger partial charge in [-0.3, -0.25) is 4.79 Å². The molecule has 0 aliphatic heterocycles. The average molecular weight is 434 g/mol. The zero-order chi connectivity index (χ0) is 20.0. The molecule has 0 aliphatic carbocycles. The van der Waals surface area contributed by atoms with Crippen molar-refractivity contribution < 1.29 is 14.3 Å². The van der Waals surface area contributed by atoms with Crippen molar-refractivity contribution in [3.05, 3.63) is 57.6 Å². The van der Waals surface area contributed by atoms with Crippen LogP contribution >= 0.6 is 15.9 Å². The Bertz CT molecular complexity index is 789. The summed E-state index contributed by atoms with van der Waals surface area (Å²) < 4.78 is 11.9. The first kappa shape index (κ1) is 21.3. The maximum atomic E-state index is 12.4. The predicted molar refractivity (Wildman–Crippen MR) is 113 cm³/mol. The molecule has 0 aliphatic rings. The molecular formula is C22H28BrNO3. The molecule has 0 saturated heterocycles. The molecule has 2 aromatic rings. The molecule has 1 atom stereocenters. The quantitative estimate of drug-likeness (QED) is 0.594. The van der Waals surface area contributed by atoms with Crippen molar-refractivity contribution in [2.24, 2.45) is 0 Å². The number of carbonyl (C=O) groups is 1. The molecular weight excluding hydrogens is 406 g/mol. The summed E-state index contributed by atoms with van der Waals surface area (Å²) >= 11 is 3.52. The number of rotatable bonds is 8. The maximum absolute atomic E-state index is 12.4. The van der Waals surface area contributed by atoms with Crippen LogP contribution in [0.15, 0.2) is 40.9 Å². The van der Waals surface area contributed by atoms with Gasteiger partial charge in [-0.1, -0.05) is 39.0 Å². The van der Waals surface area contributed by atoms with Crippen LogP contribution in [0.2, 0.25) is 0 Å². The van der Waals surface area contributed by atoms with E-state index in [9.17, 15) is 4.79 Å². The van der Waals surface area contributed by atoms with Crippen LogP contribution in [0.3, 0.4) is 0 Å². The first-order valence-corrected chi connectivity index (χ1v) is 10.0. The molecule has 2 aromatic carbocycles. The lowest BCUT2D eigenvalue weighted by atomic mass is 10.0. The fraction of sp³-hybridized carbons (Fsp3) is 0.409. The van der Waals surface area contributed by atoms with Gasteiger partial charge in [0.1, 0.15) is 11.5 Å². The van der Waals surface area contributed by atoms with Gasteiger partial charge in [-0.25, -0.2) is 0 Å². The SMILES string of the molecule is CCC(NC(=O)COc1ccc(C(C)C)cc1Br)c1ccc(OC)c(C)c1. The summed E-state index contributed by atoms with van der Waals surface area (Å²) in [5.74, 6) is 1.81. The number of aryl methyl sites for hydroxylation is 1. The van der Waals surface area contributed by atoms with Crippen LogP contribution in [0.5, 0.6) is 11.5 Å². The largest absolute Gasteiger partial charge is 0.496 e. The van der Waals surface area contributed by atoms with Gasteiger partial charge in [-0.15, -0.1) is 0 Å². The third kappa shape index (κ3) is 5.73. The van der Waals surface area contributed by atoms with Gasteiger partial charge in [0.15, 0.2) is 6.61 Å². The number of hydrogen-bond acceptors (Lipinski definition) is 3. The molecule has 27 heavy (non-hydrogen) atoms. The summed E-state index contributed by atoms with van der Waals surface area (Å²) in [7, 11) is 1.66. The van der Waals surface area contributed by atoms with E-state index in [0.29, 0.717) is 11.7 Å². The Morgan fingerprint density at radius 3 is 2.33 bits per heavy atom. The monoisotopic (exact) mass is 433 g/mol. The first-order valence-electron chi connectivity index (χ1n) is 9.21. The summed E-state index contributed by atoms with van der Waals surface area (Å²) in [6.07, 6.45) is 0.796. The second kappa shape index (κ2) is 9.79. The lowest BCUT2D eigenvalue weighted by Crippen LogP contribution is -2.32. The van der Waals surface area contributed by atoms with Gasteiger partial charge in [0, 0.05) is 0 Å². The number of methoxy groups -OCH3 is 1. The number of halogens is 1. The van der Waals surface area contributed by atoms with E-state index in [1.165, 1.54) is 5.56 Å². The van der Waals surface area contributed by atoms with Gasteiger partial charge in [-0.2, -0.15) is 0 Å². The Labute approximate surface area is 170 Å². The van der Waals surface area contributed by atoms with Crippen LogP contribution in [-0.2, 0) is 4.79 Å². The fourth-order valence-electron chi connectivity index (χ4n) is 2.91. The lowest BCUT2D eigenvalue weighted by molar-refractivity contribution is -0.123. The minimum Gasteiger partial charge on any atom is -0.496 e. The molecule has 2 rings (SSSR count). The molecule has 0 spiro atoms. The number of benzene rings is 2. The standard InChI is InChI=1S/C22H28BrNO3/c1-6-19(17-8-9-20(26-5)15(4)11-17)24-22(25)13-27-21-10-7-16(14(2)3)12-18(21)23/h7-12,14,19H,6,13H2,1-5H3,(H,24,25). The number of ether oxygens (including phenoxy) is 2. The van der Waals surface area contributed by atoms with Gasteiger partial charge in [-0.05, 0) is 70.1 Å². The topological polar surface area (TPSA) is 47.6 Å². The van der Waals surface area contributed by atoms with Crippen LogP contribution in [-0.4, -0.2) is 19.6 Å². The number of carbonyl (C=O) groups excluding carboxylic acids is 1. The molecule has 1 amide bonds. The summed E-state index contributed by atoms with van der Waals surface area (Å²) in [5.41, 5.74) is 3.33. The Morgan fingerprint density at radius 1 is 1.11 bits per heavy atom. The van der Waals surface area contributed by atoms with E-state index in [4.69, 9.17) is 9.47 Å². The maximum Gasteiger partial charge on any atom is 0.258 e. The van der Waals surface area contributed by atoms with Crippen molar-refractivity contribution >= 4 is 21.8 Å². The van der Waals surface area contributed by atoms with E-state index >= 15 is 0 Å². The molecule has 1 unspecified atom stereocenters. The van der Waals surface area contributed by atoms with Crippen LogP contribution in [0.1, 0.15) is 55.8 Å². The van der Waals surface area contributed by atoms with E-state index in [-0.39, 0.29) is 18.6 Å². The molecule has 4 nitrogen and oxygen atoms in total. The van der Waals surface area contributed by atoms with Gasteiger partial charge in [0.2, 0.25) is 0 Å². The van der Waals surface area contributed by atoms with E-state index in [1.807, 2.05) is 44.2 Å². The lowest BCUT2D eigenvalue weighted by Gasteiger charge is -2.19. The predicted octanol–water partition coefficient (Wildman–Crippen LogP) is 5.54. The van der Waals surface area contributed by atoms with Crippen LogP contribution in [0.4, 0.5) is 0 Å². The Balaban J connectivity index is 1.98. The van der Waals surface area contributed by atoms with Crippen molar-refractivity contribution in [1.82, 2.24) is 5.32 Å². The van der Waals surface area contributed by atoms with E-state index in [1.54, 1.807) is 7.11 Å². The number of hydrogen-bond donors (Lipinski definition) is 1. The first-order chi connectivity index (χ1) is 12.8. The van der Waals surface area contributed by atoms with Crippen LogP contribution in [0, 0.1) is 6.92 Å². The highest BCUT2D eigenvalue weighted by Crippen LogP contribution is 2.29. The molecule has 5 heteroatoms. The van der Waals surface area contributed by atoms with Crippen molar-refractivity contribution in [2.45, 2.75) is 46.1 Å². The van der Waals surface area contributed by atoms with Crippen molar-refractivity contribution in [2.75, 3.05) is 13.7 Å². The summed E-state index contributed by atoms with van der Waals surface area (Å²) in [4.78, 5) is 12.4. The van der Waals surface area contributed by atoms with Gasteiger partial charge in [0.05, 0.1) is 17.6 Å².